The summed E-state index contributed by atoms with van der Waals surface area (Å²) in [5, 5.41) is 68.2. The summed E-state index contributed by atoms with van der Waals surface area (Å²) >= 11 is 13.1. The van der Waals surface area contributed by atoms with E-state index in [1.165, 1.54) is 138 Å². The number of carbonyl (C=O) groups excluding carboxylic acids is 6. The summed E-state index contributed by atoms with van der Waals surface area (Å²) in [6.07, 6.45) is 8.59. The lowest BCUT2D eigenvalue weighted by atomic mass is 9.77. The van der Waals surface area contributed by atoms with Crippen molar-refractivity contribution < 1.29 is 94.5 Å². The van der Waals surface area contributed by atoms with Gasteiger partial charge in [-0.3, -0.25) is 57.6 Å². The smallest absolute Gasteiger partial charge is 0.355 e. The number of quaternary nitrogens is 2. The molecule has 39 heteroatoms. The van der Waals surface area contributed by atoms with Crippen LogP contribution in [0.3, 0.4) is 0 Å². The number of rotatable bonds is 26. The van der Waals surface area contributed by atoms with Crippen molar-refractivity contribution in [2.75, 3.05) is 114 Å². The van der Waals surface area contributed by atoms with E-state index in [2.05, 4.69) is 40.7 Å². The molecule has 3 N–H and O–H groups in total. The largest absolute Gasteiger partial charge is 1.00 e. The summed E-state index contributed by atoms with van der Waals surface area (Å²) in [5.41, 5.74) is 3.50. The number of benzene rings is 2. The van der Waals surface area contributed by atoms with Gasteiger partial charge < -0.3 is 75.3 Å². The first kappa shape index (κ1) is 83.6. The summed E-state index contributed by atoms with van der Waals surface area (Å²) in [7, 11) is 0. The number of halogens is 2. The molecule has 3 amide bonds. The Bertz CT molecular complexity index is 5020. The standard InChI is InChI=1S/2C30H35N6O6S2.C17H18BrN3O4S2.BrH/c2*1-18-23(22-15-33-17-31-27(29(33)44-22)43-14-13-36-10-7-32(8-11-36)9-12-36)26(34-25(18)24(19(2)37)28(34)38)30(39)42-16-20-3-5-21(6-4-20)35(40)41;1-7-10(9-5-20-6-19-14(16(20)27-9)26-4-3-18)13(17(24)25)21-12(7)11(8(2)22)15(21)23;/h2*3-6,15,17-19,24-25,37H,7-14,16H2,1-2H3;5-8,11-12,22H,3-4H2,1-2H3,(H,24,25);1H/q2*+1;;/p-2/t2*18-,19+,24+,25+;7-,8+,11+,12+;/m000./s1. The predicted molar refractivity (Wildman–Crippen MR) is 434 cm³/mol. The fraction of sp³-hybridized carbons (Fsp3) is 0.494. The maximum Gasteiger partial charge on any atom is 0.355 e. The van der Waals surface area contributed by atoms with Gasteiger partial charge in [0.2, 0.25) is 17.7 Å². The molecule has 2 aromatic carbocycles. The molecule has 12 aliphatic rings. The second-order valence-corrected chi connectivity index (χ2v) is 38.4. The Hall–Kier alpha value is -7.48. The Balaban J connectivity index is 0.000000140. The molecule has 0 radical (unpaired) electrons. The van der Waals surface area contributed by atoms with Crippen LogP contribution in [0.4, 0.5) is 11.4 Å². The van der Waals surface area contributed by atoms with Gasteiger partial charge in [-0.15, -0.1) is 45.8 Å². The molecule has 0 unspecified atom stereocenters. The summed E-state index contributed by atoms with van der Waals surface area (Å²) in [5.74, 6) is -3.08. The van der Waals surface area contributed by atoms with Crippen molar-refractivity contribution in [3.05, 3.63) is 149 Å². The van der Waals surface area contributed by atoms with Gasteiger partial charge in [0.05, 0.1) is 143 Å². The minimum Gasteiger partial charge on any atom is -1.00 e. The molecule has 0 aliphatic carbocycles. The Morgan fingerprint density at radius 1 is 0.526 bits per heavy atom. The number of non-ortho nitro benzene ring substituents is 2. The number of carboxylic acid groups (broad SMARTS) is 1. The molecule has 31 nitrogen and oxygen atoms in total. The average molecular weight is 1830 g/mol. The van der Waals surface area contributed by atoms with E-state index in [1.807, 2.05) is 52.6 Å². The molecule has 12 atom stereocenters. The highest BCUT2D eigenvalue weighted by Crippen LogP contribution is 2.56. The van der Waals surface area contributed by atoms with E-state index < -0.39 is 63.8 Å². The van der Waals surface area contributed by atoms with Crippen LogP contribution in [-0.4, -0.2) is 273 Å². The number of hydrogen-bond acceptors (Lipinski definition) is 27. The topological polar surface area (TPSA) is 359 Å². The lowest BCUT2D eigenvalue weighted by Crippen LogP contribution is -3.00. The quantitative estimate of drug-likeness (QED) is 0.0132. The van der Waals surface area contributed by atoms with Crippen LogP contribution >= 0.6 is 85.2 Å². The molecule has 9 saturated heterocycles. The first-order valence-corrected chi connectivity index (χ1v) is 45.0. The van der Waals surface area contributed by atoms with Crippen LogP contribution in [0, 0.1) is 55.7 Å². The van der Waals surface area contributed by atoms with Gasteiger partial charge in [0.25, 0.3) is 11.4 Å². The van der Waals surface area contributed by atoms with E-state index in [0.29, 0.717) is 16.7 Å². The molecule has 12 aliphatic heterocycles. The third kappa shape index (κ3) is 15.2. The van der Waals surface area contributed by atoms with Crippen LogP contribution in [-0.2, 0) is 51.5 Å². The summed E-state index contributed by atoms with van der Waals surface area (Å²) < 4.78 is 19.6. The number of nitrogens with zero attached hydrogens (tertiary/aromatic N) is 15. The monoisotopic (exact) mass is 1830 g/mol. The number of amides is 3. The Kier molecular flexibility index (Phi) is 24.2. The van der Waals surface area contributed by atoms with Gasteiger partial charge in [0.1, 0.15) is 73.2 Å². The fourth-order valence-corrected chi connectivity index (χ4v) is 25.9. The number of carbonyl (C=O) groups is 6. The van der Waals surface area contributed by atoms with Crippen molar-refractivity contribution in [2.45, 2.75) is 106 Å². The van der Waals surface area contributed by atoms with Crippen molar-refractivity contribution >= 4 is 163 Å². The highest BCUT2D eigenvalue weighted by Gasteiger charge is 2.63. The third-order valence-electron chi connectivity index (χ3n) is 24.7. The van der Waals surface area contributed by atoms with Crippen LogP contribution in [0.25, 0.3) is 31.2 Å². The van der Waals surface area contributed by atoms with E-state index >= 15 is 0 Å². The molecular weight excluding hydrogens is 1740 g/mol. The number of ether oxygens (including phenoxy) is 2. The molecule has 616 valence electrons. The van der Waals surface area contributed by atoms with E-state index in [-0.39, 0.29) is 112 Å². The number of carboxylic acids is 1. The number of aliphatic hydroxyl groups is 3. The lowest BCUT2D eigenvalue weighted by molar-refractivity contribution is -0.938. The predicted octanol–water partition coefficient (Wildman–Crippen LogP) is 3.91. The normalized spacial score (nSPS) is 27.5. The SMILES string of the molecule is C[C@@H](O)[C@H]1C(=O)N2C(C(=O)OCc3ccc([N+](=O)[O-])cc3)=C(c3cn4cnc(SCC[N+]56CCN(CC5)CC6)c4s3)[C@H](C)[C@H]12.C[C@@H](O)[C@H]1C(=O)N2C(C(=O)OCc3ccc([N+](=O)[O-])cc3)=C(c3cn4cnc(SCC[N+]56CCN(CC5)CC6)c4s3)[C@H](C)[C@H]12.C[C@@H](O)[C@H]1C(=O)N2C(C(=O)[O-])=C(c3cn4cnc(SCCBr)c4s3)[C@H](C)[C@H]12.[Br-]. The summed E-state index contributed by atoms with van der Waals surface area (Å²) in [4.78, 5) is 128. The Labute approximate surface area is 710 Å². The van der Waals surface area contributed by atoms with Gasteiger partial charge in [-0.05, 0) is 56.2 Å². The molecule has 20 rings (SSSR count). The highest BCUT2D eigenvalue weighted by atomic mass is 79.9. The molecule has 6 aromatic heterocycles. The van der Waals surface area contributed by atoms with Gasteiger partial charge in [-0.25, -0.2) is 24.5 Å². The van der Waals surface area contributed by atoms with Crippen LogP contribution < -0.4 is 22.1 Å². The van der Waals surface area contributed by atoms with E-state index in [1.54, 1.807) is 122 Å². The number of thiazole rings is 3. The Morgan fingerprint density at radius 3 is 1.12 bits per heavy atom. The highest BCUT2D eigenvalue weighted by molar-refractivity contribution is 9.09. The van der Waals surface area contributed by atoms with Gasteiger partial charge in [0, 0.05) is 139 Å². The molecule has 0 saturated carbocycles. The Morgan fingerprint density at radius 2 is 0.828 bits per heavy atom. The van der Waals surface area contributed by atoms with Gasteiger partial charge in [0.15, 0.2) is 0 Å². The van der Waals surface area contributed by atoms with Crippen LogP contribution in [0.1, 0.15) is 67.3 Å². The molecular formula is C77H87Br2N15O16S6. The zero-order chi connectivity index (χ0) is 81.0. The maximum absolute atomic E-state index is 13.6. The fourth-order valence-electron chi connectivity index (χ4n) is 18.5. The molecule has 116 heavy (non-hydrogen) atoms. The summed E-state index contributed by atoms with van der Waals surface area (Å²) in [6, 6.07) is 10.6. The van der Waals surface area contributed by atoms with Gasteiger partial charge in [-0.1, -0.05) is 60.2 Å². The maximum atomic E-state index is 13.6. The first-order valence-electron chi connectivity index (χ1n) is 38.5. The van der Waals surface area contributed by atoms with Gasteiger partial charge >= 0.3 is 11.9 Å². The van der Waals surface area contributed by atoms with E-state index in [0.717, 1.165) is 91.0 Å². The minimum atomic E-state index is -1.36. The number of esters is 2. The number of β-lactam (4-membered cyclic amide) rings is 3. The summed E-state index contributed by atoms with van der Waals surface area (Å²) in [6.45, 7) is 27.2. The zero-order valence-electron chi connectivity index (χ0n) is 64.2. The molecule has 9 fully saturated rings. The number of fused-ring (bicyclic) bond motifs is 12. The lowest BCUT2D eigenvalue weighted by Gasteiger charge is -2.50. The third-order valence-corrected chi connectivity index (χ3v) is 32.4. The minimum absolute atomic E-state index is 0. The van der Waals surface area contributed by atoms with Crippen LogP contribution in [0.15, 0.2) is 118 Å². The number of aromatic nitrogens is 6. The van der Waals surface area contributed by atoms with Crippen LogP contribution in [0.2, 0.25) is 0 Å². The van der Waals surface area contributed by atoms with Crippen molar-refractivity contribution in [1.29, 1.82) is 0 Å². The van der Waals surface area contributed by atoms with Crippen LogP contribution in [0.5, 0.6) is 0 Å². The molecule has 18 heterocycles. The van der Waals surface area contributed by atoms with Crippen molar-refractivity contribution in [3.8, 4) is 0 Å². The number of imidazole rings is 3. The molecule has 8 aromatic rings. The molecule has 4 bridgehead atoms. The average Bonchev–Trinajstić information content (AvgIpc) is 1.55. The number of thioether (sulfide) groups is 3. The zero-order valence-corrected chi connectivity index (χ0v) is 72.3. The number of alkyl halides is 1. The number of hydrogen-bond donors (Lipinski definition) is 3. The number of nitro benzene ring substituents is 2. The number of piperazine rings is 6. The first-order chi connectivity index (χ1) is 55.2. The number of nitro groups is 2. The van der Waals surface area contributed by atoms with Crippen molar-refractivity contribution in [2.24, 2.45) is 35.5 Å². The number of aliphatic carboxylic acids is 1. The van der Waals surface area contributed by atoms with E-state index in [9.17, 15) is 69.4 Å². The van der Waals surface area contributed by atoms with Gasteiger partial charge in [-0.2, -0.15) is 0 Å². The van der Waals surface area contributed by atoms with Crippen molar-refractivity contribution in [1.82, 2.24) is 52.7 Å². The second kappa shape index (κ2) is 33.6. The second-order valence-electron chi connectivity index (χ2n) is 31.3. The van der Waals surface area contributed by atoms with Crippen molar-refractivity contribution in [3.63, 3.8) is 0 Å². The van der Waals surface area contributed by atoms with E-state index in [4.69, 9.17) is 9.47 Å². The number of aliphatic hydroxyl groups excluding tert-OH is 3. The molecule has 0 spiro atoms.